The molecule has 2 aromatic rings. The number of methoxy groups -OCH3 is 2. The lowest BCUT2D eigenvalue weighted by atomic mass is 9.73. The van der Waals surface area contributed by atoms with Gasteiger partial charge in [-0.2, -0.15) is 0 Å². The molecule has 1 aliphatic carbocycles. The number of hydrogen-bond donors (Lipinski definition) is 1. The van der Waals surface area contributed by atoms with Crippen molar-refractivity contribution in [3.8, 4) is 11.1 Å². The topological polar surface area (TPSA) is 44.5 Å². The number of nitrogens with two attached hydrogens (primary N) is 1. The largest absolute Gasteiger partial charge is 0.399 e. The number of benzene rings is 2. The molecular weight excluding hydrogens is 274 g/mol. The normalized spacial score (nSPS) is 14.6. The zero-order chi connectivity index (χ0) is 15.6. The highest BCUT2D eigenvalue weighted by atomic mass is 16.5. The van der Waals surface area contributed by atoms with Gasteiger partial charge in [-0.25, -0.2) is 0 Å². The minimum atomic E-state index is -0.0761. The van der Waals surface area contributed by atoms with Gasteiger partial charge in [0.1, 0.15) is 0 Å². The fourth-order valence-electron chi connectivity index (χ4n) is 3.69. The van der Waals surface area contributed by atoms with Crippen molar-refractivity contribution in [1.82, 2.24) is 0 Å². The molecule has 3 nitrogen and oxygen atoms in total. The van der Waals surface area contributed by atoms with E-state index in [4.69, 9.17) is 15.2 Å². The first-order chi connectivity index (χ1) is 10.7. The van der Waals surface area contributed by atoms with Crippen LogP contribution < -0.4 is 5.73 Å². The number of nitrogen functional groups attached to an aromatic ring is 1. The molecule has 0 saturated heterocycles. The van der Waals surface area contributed by atoms with Crippen LogP contribution in [0.15, 0.2) is 42.5 Å². The van der Waals surface area contributed by atoms with Crippen molar-refractivity contribution in [1.29, 1.82) is 0 Å². The van der Waals surface area contributed by atoms with Crippen LogP contribution in [0.5, 0.6) is 0 Å². The number of ether oxygens (including phenoxy) is 2. The summed E-state index contributed by atoms with van der Waals surface area (Å²) in [5.74, 6) is 0. The SMILES string of the molecule is COCCC1(CCOC)c2ccccc2-c2ccc(N)cc21. The van der Waals surface area contributed by atoms with Gasteiger partial charge >= 0.3 is 0 Å². The zero-order valence-corrected chi connectivity index (χ0v) is 13.3. The van der Waals surface area contributed by atoms with Crippen molar-refractivity contribution in [3.05, 3.63) is 53.6 Å². The molecule has 0 spiro atoms. The van der Waals surface area contributed by atoms with Crippen LogP contribution in [0.4, 0.5) is 5.69 Å². The molecule has 0 saturated carbocycles. The fraction of sp³-hybridized carbons (Fsp3) is 0.368. The Balaban J connectivity index is 2.20. The van der Waals surface area contributed by atoms with Gasteiger partial charge < -0.3 is 15.2 Å². The molecule has 0 atom stereocenters. The van der Waals surface area contributed by atoms with Gasteiger partial charge in [-0.15, -0.1) is 0 Å². The molecule has 1 aliphatic rings. The molecule has 0 unspecified atom stereocenters. The van der Waals surface area contributed by atoms with E-state index in [-0.39, 0.29) is 5.41 Å². The zero-order valence-electron chi connectivity index (χ0n) is 13.3. The molecule has 22 heavy (non-hydrogen) atoms. The Hall–Kier alpha value is -1.84. The van der Waals surface area contributed by atoms with E-state index in [1.54, 1.807) is 14.2 Å². The van der Waals surface area contributed by atoms with Gasteiger partial charge in [0.15, 0.2) is 0 Å². The van der Waals surface area contributed by atoms with Crippen LogP contribution in [0.2, 0.25) is 0 Å². The van der Waals surface area contributed by atoms with Crippen molar-refractivity contribution >= 4 is 5.69 Å². The average Bonchev–Trinajstić information content (AvgIpc) is 2.81. The summed E-state index contributed by atoms with van der Waals surface area (Å²) in [5, 5.41) is 0. The molecule has 0 radical (unpaired) electrons. The van der Waals surface area contributed by atoms with Gasteiger partial charge in [0, 0.05) is 38.5 Å². The summed E-state index contributed by atoms with van der Waals surface area (Å²) in [5.41, 5.74) is 12.1. The first kappa shape index (κ1) is 15.1. The summed E-state index contributed by atoms with van der Waals surface area (Å²) in [6.45, 7) is 1.43. The molecule has 0 bridgehead atoms. The summed E-state index contributed by atoms with van der Waals surface area (Å²) in [6, 6.07) is 14.9. The maximum Gasteiger partial charge on any atom is 0.0474 e. The predicted molar refractivity (Wildman–Crippen MR) is 90.1 cm³/mol. The summed E-state index contributed by atoms with van der Waals surface area (Å²) in [4.78, 5) is 0. The van der Waals surface area contributed by atoms with Gasteiger partial charge in [0.2, 0.25) is 0 Å². The van der Waals surface area contributed by atoms with Gasteiger partial charge in [-0.3, -0.25) is 0 Å². The van der Waals surface area contributed by atoms with Crippen LogP contribution in [0, 0.1) is 0 Å². The lowest BCUT2D eigenvalue weighted by Crippen LogP contribution is -2.29. The van der Waals surface area contributed by atoms with Crippen molar-refractivity contribution < 1.29 is 9.47 Å². The van der Waals surface area contributed by atoms with E-state index in [9.17, 15) is 0 Å². The van der Waals surface area contributed by atoms with E-state index >= 15 is 0 Å². The first-order valence-corrected chi connectivity index (χ1v) is 7.71. The minimum absolute atomic E-state index is 0.0761. The highest BCUT2D eigenvalue weighted by Crippen LogP contribution is 2.53. The Kier molecular flexibility index (Phi) is 4.19. The summed E-state index contributed by atoms with van der Waals surface area (Å²) in [7, 11) is 3.51. The van der Waals surface area contributed by atoms with Crippen molar-refractivity contribution in [3.63, 3.8) is 0 Å². The lowest BCUT2D eigenvalue weighted by Gasteiger charge is -2.32. The average molecular weight is 297 g/mol. The second-order valence-corrected chi connectivity index (χ2v) is 5.92. The molecule has 0 aromatic heterocycles. The monoisotopic (exact) mass is 297 g/mol. The van der Waals surface area contributed by atoms with Crippen LogP contribution in [0.25, 0.3) is 11.1 Å². The predicted octanol–water partition coefficient (Wildman–Crippen LogP) is 3.61. The van der Waals surface area contributed by atoms with Crippen LogP contribution in [-0.2, 0) is 14.9 Å². The summed E-state index contributed by atoms with van der Waals surface area (Å²) < 4.78 is 10.8. The maximum absolute atomic E-state index is 6.08. The van der Waals surface area contributed by atoms with Crippen LogP contribution in [-0.4, -0.2) is 27.4 Å². The van der Waals surface area contributed by atoms with E-state index in [1.165, 1.54) is 22.3 Å². The Morgan fingerprint density at radius 2 is 1.50 bits per heavy atom. The molecule has 0 fully saturated rings. The quantitative estimate of drug-likeness (QED) is 0.828. The van der Waals surface area contributed by atoms with Gasteiger partial charge in [-0.1, -0.05) is 30.3 Å². The first-order valence-electron chi connectivity index (χ1n) is 7.71. The second-order valence-electron chi connectivity index (χ2n) is 5.92. The minimum Gasteiger partial charge on any atom is -0.399 e. The number of hydrogen-bond acceptors (Lipinski definition) is 3. The summed E-state index contributed by atoms with van der Waals surface area (Å²) >= 11 is 0. The summed E-state index contributed by atoms with van der Waals surface area (Å²) in [6.07, 6.45) is 1.86. The van der Waals surface area contributed by atoms with E-state index in [0.717, 1.165) is 18.5 Å². The fourth-order valence-corrected chi connectivity index (χ4v) is 3.69. The molecule has 0 amide bonds. The van der Waals surface area contributed by atoms with Gasteiger partial charge in [0.25, 0.3) is 0 Å². The van der Waals surface area contributed by atoms with Crippen LogP contribution in [0.1, 0.15) is 24.0 Å². The Labute approximate surface area is 132 Å². The number of anilines is 1. The van der Waals surface area contributed by atoms with E-state index < -0.39 is 0 Å². The molecule has 116 valence electrons. The highest BCUT2D eigenvalue weighted by Gasteiger charge is 2.42. The van der Waals surface area contributed by atoms with Crippen LogP contribution >= 0.6 is 0 Å². The molecule has 3 heteroatoms. The number of fused-ring (bicyclic) bond motifs is 3. The maximum atomic E-state index is 6.08. The van der Waals surface area contributed by atoms with E-state index in [0.29, 0.717) is 13.2 Å². The Bertz CT molecular complexity index is 658. The standard InChI is InChI=1S/C19H23NO2/c1-21-11-9-19(10-12-22-2)17-6-4-3-5-15(17)16-8-7-14(20)13-18(16)19/h3-8,13H,9-12,20H2,1-2H3. The Morgan fingerprint density at radius 1 is 0.864 bits per heavy atom. The number of rotatable bonds is 6. The van der Waals surface area contributed by atoms with Crippen LogP contribution in [0.3, 0.4) is 0 Å². The Morgan fingerprint density at radius 3 is 2.18 bits per heavy atom. The third-order valence-corrected chi connectivity index (χ3v) is 4.76. The third-order valence-electron chi connectivity index (χ3n) is 4.76. The molecule has 2 aromatic carbocycles. The molecule has 0 heterocycles. The molecule has 3 rings (SSSR count). The van der Waals surface area contributed by atoms with Crippen molar-refractivity contribution in [2.45, 2.75) is 18.3 Å². The molecule has 2 N–H and O–H groups in total. The second kappa shape index (κ2) is 6.11. The van der Waals surface area contributed by atoms with E-state index in [1.807, 2.05) is 6.07 Å². The smallest absolute Gasteiger partial charge is 0.0474 e. The van der Waals surface area contributed by atoms with Crippen molar-refractivity contribution in [2.24, 2.45) is 0 Å². The van der Waals surface area contributed by atoms with Gasteiger partial charge in [-0.05, 0) is 47.2 Å². The highest BCUT2D eigenvalue weighted by molar-refractivity contribution is 5.82. The van der Waals surface area contributed by atoms with Crippen molar-refractivity contribution in [2.75, 3.05) is 33.2 Å². The third kappa shape index (κ3) is 2.31. The molecule has 0 aliphatic heterocycles. The lowest BCUT2D eigenvalue weighted by molar-refractivity contribution is 0.145. The van der Waals surface area contributed by atoms with E-state index in [2.05, 4.69) is 36.4 Å². The van der Waals surface area contributed by atoms with Gasteiger partial charge in [0.05, 0.1) is 0 Å². The molecular formula is C19H23NO2.